The van der Waals surface area contributed by atoms with Crippen molar-refractivity contribution in [3.63, 3.8) is 0 Å². The smallest absolute Gasteiger partial charge is 0.234 e. The second-order valence-electron chi connectivity index (χ2n) is 5.73. The van der Waals surface area contributed by atoms with Crippen molar-refractivity contribution >= 4 is 23.4 Å². The molecule has 0 aliphatic rings. The van der Waals surface area contributed by atoms with Crippen molar-refractivity contribution in [1.29, 1.82) is 0 Å². The molecule has 2 N–H and O–H groups in total. The predicted octanol–water partition coefficient (Wildman–Crippen LogP) is 3.43. The summed E-state index contributed by atoms with van der Waals surface area (Å²) < 4.78 is 10.7. The number of rotatable bonds is 8. The van der Waals surface area contributed by atoms with Crippen LogP contribution in [0, 0.1) is 6.92 Å². The molecule has 0 atom stereocenters. The quantitative estimate of drug-likeness (QED) is 0.579. The minimum Gasteiger partial charge on any atom is -0.497 e. The number of thioether (sulfide) groups is 1. The first-order valence-corrected chi connectivity index (χ1v) is 9.28. The Kier molecular flexibility index (Phi) is 6.32. The number of aryl methyl sites for hydroxylation is 1. The minimum atomic E-state index is -0.132. The summed E-state index contributed by atoms with van der Waals surface area (Å²) in [6, 6.07) is 14.9. The number of methoxy groups -OCH3 is 1. The van der Waals surface area contributed by atoms with Crippen molar-refractivity contribution in [2.75, 3.05) is 18.2 Å². The zero-order chi connectivity index (χ0) is 19.1. The maximum atomic E-state index is 12.0. The fourth-order valence-electron chi connectivity index (χ4n) is 2.19. The summed E-state index contributed by atoms with van der Waals surface area (Å²) in [7, 11) is 1.60. The average Bonchev–Trinajstić information content (AvgIpc) is 3.14. The summed E-state index contributed by atoms with van der Waals surface area (Å²) in [6.45, 7) is 2.31. The van der Waals surface area contributed by atoms with Crippen molar-refractivity contribution in [2.45, 2.75) is 18.7 Å². The number of aromatic nitrogens is 3. The fraction of sp³-hybridized carbons (Fsp3) is 0.211. The number of carbonyl (C=O) groups is 1. The van der Waals surface area contributed by atoms with E-state index in [4.69, 9.17) is 9.47 Å². The number of anilines is 1. The van der Waals surface area contributed by atoms with Crippen LogP contribution in [0.5, 0.6) is 11.5 Å². The molecule has 0 saturated heterocycles. The molecule has 0 fully saturated rings. The van der Waals surface area contributed by atoms with Gasteiger partial charge in [-0.15, -0.1) is 5.10 Å². The van der Waals surface area contributed by atoms with E-state index in [1.807, 2.05) is 31.2 Å². The van der Waals surface area contributed by atoms with Crippen LogP contribution in [0.2, 0.25) is 0 Å². The van der Waals surface area contributed by atoms with Crippen molar-refractivity contribution < 1.29 is 14.3 Å². The number of nitrogens with zero attached hydrogens (tertiary/aromatic N) is 2. The highest BCUT2D eigenvalue weighted by atomic mass is 32.2. The third kappa shape index (κ3) is 5.75. The lowest BCUT2D eigenvalue weighted by atomic mass is 10.2. The number of nitrogens with one attached hydrogen (secondary N) is 2. The Labute approximate surface area is 161 Å². The van der Waals surface area contributed by atoms with Gasteiger partial charge in [-0.25, -0.2) is 4.98 Å². The molecule has 0 spiro atoms. The first kappa shape index (κ1) is 18.8. The summed E-state index contributed by atoms with van der Waals surface area (Å²) in [6.07, 6.45) is 0. The van der Waals surface area contributed by atoms with Crippen LogP contribution in [0.1, 0.15) is 11.4 Å². The van der Waals surface area contributed by atoms with Crippen LogP contribution in [0.25, 0.3) is 0 Å². The number of carbonyl (C=O) groups excluding carboxylic acids is 1. The first-order valence-electron chi connectivity index (χ1n) is 8.30. The van der Waals surface area contributed by atoms with E-state index >= 15 is 0 Å². The van der Waals surface area contributed by atoms with Crippen molar-refractivity contribution in [3.8, 4) is 11.5 Å². The molecule has 1 heterocycles. The molecule has 0 aliphatic heterocycles. The molecule has 27 heavy (non-hydrogen) atoms. The molecule has 3 aromatic rings. The van der Waals surface area contributed by atoms with Crippen LogP contribution >= 0.6 is 11.8 Å². The number of amides is 1. The Balaban J connectivity index is 1.44. The van der Waals surface area contributed by atoms with Crippen LogP contribution in [0.4, 0.5) is 5.69 Å². The second kappa shape index (κ2) is 9.09. The average molecular weight is 384 g/mol. The zero-order valence-corrected chi connectivity index (χ0v) is 15.9. The second-order valence-corrected chi connectivity index (χ2v) is 6.67. The van der Waals surface area contributed by atoms with Gasteiger partial charge in [-0.05, 0) is 43.3 Å². The molecular formula is C19H20N4O3S. The fourth-order valence-corrected chi connectivity index (χ4v) is 2.81. The predicted molar refractivity (Wildman–Crippen MR) is 104 cm³/mol. The highest BCUT2D eigenvalue weighted by molar-refractivity contribution is 7.99. The third-order valence-electron chi connectivity index (χ3n) is 3.61. The third-order valence-corrected chi connectivity index (χ3v) is 4.46. The molecule has 0 aliphatic carbocycles. The first-order chi connectivity index (χ1) is 13.1. The van der Waals surface area contributed by atoms with Gasteiger partial charge in [0.2, 0.25) is 11.1 Å². The SMILES string of the molecule is COc1ccc(NC(=O)CSc2n[nH]c(COc3ccc(C)cc3)n2)cc1. The van der Waals surface area contributed by atoms with Crippen LogP contribution in [0.15, 0.2) is 53.7 Å². The van der Waals surface area contributed by atoms with Gasteiger partial charge in [0.05, 0.1) is 12.9 Å². The van der Waals surface area contributed by atoms with Gasteiger partial charge in [0.1, 0.15) is 18.1 Å². The van der Waals surface area contributed by atoms with Gasteiger partial charge >= 0.3 is 0 Å². The summed E-state index contributed by atoms with van der Waals surface area (Å²) in [5, 5.41) is 10.2. The van der Waals surface area contributed by atoms with Gasteiger partial charge in [0.25, 0.3) is 0 Å². The Morgan fingerprint density at radius 2 is 1.81 bits per heavy atom. The Hall–Kier alpha value is -3.00. The molecule has 0 saturated carbocycles. The van der Waals surface area contributed by atoms with E-state index in [0.717, 1.165) is 11.5 Å². The Morgan fingerprint density at radius 1 is 1.11 bits per heavy atom. The lowest BCUT2D eigenvalue weighted by Crippen LogP contribution is -2.14. The van der Waals surface area contributed by atoms with Gasteiger partial charge in [-0.2, -0.15) is 0 Å². The number of hydrogen-bond donors (Lipinski definition) is 2. The van der Waals surface area contributed by atoms with Gasteiger partial charge < -0.3 is 14.8 Å². The Morgan fingerprint density at radius 3 is 2.52 bits per heavy atom. The topological polar surface area (TPSA) is 89.1 Å². The van der Waals surface area contributed by atoms with Crippen molar-refractivity contribution in [2.24, 2.45) is 0 Å². The number of benzene rings is 2. The summed E-state index contributed by atoms with van der Waals surface area (Å²) >= 11 is 1.25. The molecule has 1 aromatic heterocycles. The molecule has 0 bridgehead atoms. The maximum Gasteiger partial charge on any atom is 0.234 e. The molecule has 3 rings (SSSR count). The summed E-state index contributed by atoms with van der Waals surface area (Å²) in [5.74, 6) is 2.19. The van der Waals surface area contributed by atoms with Gasteiger partial charge in [-0.3, -0.25) is 9.89 Å². The molecule has 0 radical (unpaired) electrons. The van der Waals surface area contributed by atoms with E-state index in [1.54, 1.807) is 31.4 Å². The lowest BCUT2D eigenvalue weighted by molar-refractivity contribution is -0.113. The highest BCUT2D eigenvalue weighted by Crippen LogP contribution is 2.17. The highest BCUT2D eigenvalue weighted by Gasteiger charge is 2.09. The summed E-state index contributed by atoms with van der Waals surface area (Å²) in [4.78, 5) is 16.4. The number of aromatic amines is 1. The van der Waals surface area contributed by atoms with Crippen LogP contribution in [-0.2, 0) is 11.4 Å². The van der Waals surface area contributed by atoms with Crippen molar-refractivity contribution in [3.05, 3.63) is 59.9 Å². The van der Waals surface area contributed by atoms with E-state index in [2.05, 4.69) is 20.5 Å². The standard InChI is InChI=1S/C19H20N4O3S/c1-13-3-7-16(8-4-13)26-11-17-21-19(23-22-17)27-12-18(24)20-14-5-9-15(25-2)10-6-14/h3-10H,11-12H2,1-2H3,(H,20,24)(H,21,22,23). The Bertz CT molecular complexity index is 879. The van der Waals surface area contributed by atoms with E-state index in [-0.39, 0.29) is 18.3 Å². The van der Waals surface area contributed by atoms with E-state index in [0.29, 0.717) is 16.7 Å². The van der Waals surface area contributed by atoms with Gasteiger partial charge in [0.15, 0.2) is 5.82 Å². The molecule has 7 nitrogen and oxygen atoms in total. The van der Waals surface area contributed by atoms with E-state index in [1.165, 1.54) is 17.3 Å². The lowest BCUT2D eigenvalue weighted by Gasteiger charge is -2.05. The molecule has 1 amide bonds. The monoisotopic (exact) mass is 384 g/mol. The molecule has 2 aromatic carbocycles. The summed E-state index contributed by atoms with van der Waals surface area (Å²) in [5.41, 5.74) is 1.89. The minimum absolute atomic E-state index is 0.132. The molecular weight excluding hydrogens is 364 g/mol. The number of H-pyrrole nitrogens is 1. The number of ether oxygens (including phenoxy) is 2. The molecule has 8 heteroatoms. The molecule has 140 valence electrons. The molecule has 0 unspecified atom stereocenters. The van der Waals surface area contributed by atoms with Crippen LogP contribution in [0.3, 0.4) is 0 Å². The van der Waals surface area contributed by atoms with Gasteiger partial charge in [-0.1, -0.05) is 29.5 Å². The normalized spacial score (nSPS) is 10.4. The van der Waals surface area contributed by atoms with Crippen LogP contribution < -0.4 is 14.8 Å². The maximum absolute atomic E-state index is 12.0. The zero-order valence-electron chi connectivity index (χ0n) is 15.1. The van der Waals surface area contributed by atoms with Gasteiger partial charge in [0, 0.05) is 5.69 Å². The van der Waals surface area contributed by atoms with Crippen LogP contribution in [-0.4, -0.2) is 34.0 Å². The number of hydrogen-bond acceptors (Lipinski definition) is 6. The largest absolute Gasteiger partial charge is 0.497 e. The van der Waals surface area contributed by atoms with Crippen molar-refractivity contribution in [1.82, 2.24) is 15.2 Å². The van der Waals surface area contributed by atoms with E-state index < -0.39 is 0 Å². The van der Waals surface area contributed by atoms with E-state index in [9.17, 15) is 4.79 Å².